The minimum absolute atomic E-state index is 0.275. The largest absolute Gasteiger partial charge is 0.493 e. The average Bonchev–Trinajstić information content (AvgIpc) is 2.78. The van der Waals surface area contributed by atoms with Crippen LogP contribution in [0.3, 0.4) is 0 Å². The van der Waals surface area contributed by atoms with Gasteiger partial charge >= 0.3 is 0 Å². The Balaban J connectivity index is 1.50. The SMILES string of the molecule is COc1cc(/C=N/OCC(=O)Nc2ccc(F)cc2)ccc1OCc1ccccc1. The highest BCUT2D eigenvalue weighted by Gasteiger charge is 2.06. The molecule has 0 spiro atoms. The molecule has 1 N–H and O–H groups in total. The van der Waals surface area contributed by atoms with Crippen LogP contribution in [0.5, 0.6) is 11.5 Å². The number of oxime groups is 1. The third-order valence-corrected chi connectivity index (χ3v) is 4.02. The molecule has 0 aliphatic rings. The number of carbonyl (C=O) groups is 1. The highest BCUT2D eigenvalue weighted by atomic mass is 19.1. The molecule has 1 amide bonds. The Labute approximate surface area is 173 Å². The maximum atomic E-state index is 12.9. The molecule has 0 heterocycles. The van der Waals surface area contributed by atoms with Crippen molar-refractivity contribution in [2.24, 2.45) is 5.16 Å². The summed E-state index contributed by atoms with van der Waals surface area (Å²) < 4.78 is 24.0. The number of anilines is 1. The Hall–Kier alpha value is -3.87. The summed E-state index contributed by atoms with van der Waals surface area (Å²) >= 11 is 0. The van der Waals surface area contributed by atoms with Crippen LogP contribution < -0.4 is 14.8 Å². The van der Waals surface area contributed by atoms with Crippen molar-refractivity contribution in [3.8, 4) is 11.5 Å². The Morgan fingerprint density at radius 2 is 1.80 bits per heavy atom. The van der Waals surface area contributed by atoms with E-state index in [1.54, 1.807) is 25.3 Å². The van der Waals surface area contributed by atoms with E-state index in [4.69, 9.17) is 14.3 Å². The van der Waals surface area contributed by atoms with Crippen molar-refractivity contribution in [3.05, 3.63) is 89.7 Å². The van der Waals surface area contributed by atoms with Gasteiger partial charge in [0.15, 0.2) is 18.1 Å². The molecule has 7 heteroatoms. The van der Waals surface area contributed by atoms with Gasteiger partial charge in [-0.15, -0.1) is 0 Å². The summed E-state index contributed by atoms with van der Waals surface area (Å²) in [5.74, 6) is 0.392. The molecule has 0 radical (unpaired) electrons. The van der Waals surface area contributed by atoms with E-state index in [9.17, 15) is 9.18 Å². The molecular weight excluding hydrogens is 387 g/mol. The first-order valence-corrected chi connectivity index (χ1v) is 9.19. The number of amides is 1. The van der Waals surface area contributed by atoms with Crippen molar-refractivity contribution < 1.29 is 23.5 Å². The van der Waals surface area contributed by atoms with Gasteiger partial charge in [0, 0.05) is 11.3 Å². The molecule has 0 aliphatic carbocycles. The molecule has 3 rings (SSSR count). The molecule has 0 atom stereocenters. The summed E-state index contributed by atoms with van der Waals surface area (Å²) in [7, 11) is 1.56. The highest BCUT2D eigenvalue weighted by Crippen LogP contribution is 2.28. The second-order valence-corrected chi connectivity index (χ2v) is 6.25. The van der Waals surface area contributed by atoms with E-state index in [0.29, 0.717) is 23.8 Å². The minimum atomic E-state index is -0.402. The summed E-state index contributed by atoms with van der Waals surface area (Å²) in [6.45, 7) is 0.153. The van der Waals surface area contributed by atoms with Gasteiger partial charge in [-0.2, -0.15) is 0 Å². The monoisotopic (exact) mass is 408 g/mol. The first-order valence-electron chi connectivity index (χ1n) is 9.19. The molecule has 3 aromatic carbocycles. The molecule has 0 aromatic heterocycles. The number of halogens is 1. The number of hydrogen-bond acceptors (Lipinski definition) is 5. The smallest absolute Gasteiger partial charge is 0.265 e. The molecule has 154 valence electrons. The fourth-order valence-corrected chi connectivity index (χ4v) is 2.54. The fourth-order valence-electron chi connectivity index (χ4n) is 2.54. The predicted molar refractivity (Wildman–Crippen MR) is 112 cm³/mol. The topological polar surface area (TPSA) is 69.2 Å². The number of nitrogens with one attached hydrogen (secondary N) is 1. The van der Waals surface area contributed by atoms with E-state index in [0.717, 1.165) is 11.1 Å². The van der Waals surface area contributed by atoms with E-state index < -0.39 is 5.91 Å². The number of carbonyl (C=O) groups excluding carboxylic acids is 1. The number of nitrogens with zero attached hydrogens (tertiary/aromatic N) is 1. The van der Waals surface area contributed by atoms with Crippen LogP contribution in [-0.4, -0.2) is 25.8 Å². The van der Waals surface area contributed by atoms with E-state index in [1.807, 2.05) is 30.3 Å². The number of hydrogen-bond donors (Lipinski definition) is 1. The van der Waals surface area contributed by atoms with Crippen LogP contribution in [0.15, 0.2) is 78.0 Å². The molecule has 0 saturated carbocycles. The Bertz CT molecular complexity index is 992. The molecule has 30 heavy (non-hydrogen) atoms. The van der Waals surface area contributed by atoms with Gasteiger partial charge in [-0.3, -0.25) is 4.79 Å². The molecule has 0 saturated heterocycles. The normalized spacial score (nSPS) is 10.6. The van der Waals surface area contributed by atoms with Gasteiger partial charge in [0.2, 0.25) is 0 Å². The zero-order chi connectivity index (χ0) is 21.2. The number of ether oxygens (including phenoxy) is 2. The summed E-state index contributed by atoms with van der Waals surface area (Å²) in [6, 6.07) is 20.6. The molecule has 6 nitrogen and oxygen atoms in total. The van der Waals surface area contributed by atoms with Crippen LogP contribution in [-0.2, 0) is 16.2 Å². The lowest BCUT2D eigenvalue weighted by Crippen LogP contribution is -2.16. The quantitative estimate of drug-likeness (QED) is 0.421. The Morgan fingerprint density at radius 3 is 2.53 bits per heavy atom. The van der Waals surface area contributed by atoms with Crippen molar-refractivity contribution >= 4 is 17.8 Å². The molecule has 3 aromatic rings. The predicted octanol–water partition coefficient (Wildman–Crippen LogP) is 4.40. The average molecular weight is 408 g/mol. The number of benzene rings is 3. The third-order valence-electron chi connectivity index (χ3n) is 4.02. The van der Waals surface area contributed by atoms with E-state index in [2.05, 4.69) is 10.5 Å². The standard InChI is InChI=1S/C23H21FN2O4/c1-28-22-13-18(7-12-21(22)29-15-17-5-3-2-4-6-17)14-25-30-16-23(27)26-20-10-8-19(24)9-11-20/h2-14H,15-16H2,1H3,(H,26,27)/b25-14+. The Morgan fingerprint density at radius 1 is 1.03 bits per heavy atom. The summed E-state index contributed by atoms with van der Waals surface area (Å²) in [6.07, 6.45) is 1.47. The molecule has 0 fully saturated rings. The van der Waals surface area contributed by atoms with E-state index >= 15 is 0 Å². The van der Waals surface area contributed by atoms with Crippen LogP contribution in [0, 0.1) is 5.82 Å². The first kappa shape index (κ1) is 20.9. The van der Waals surface area contributed by atoms with Crippen molar-refractivity contribution in [2.75, 3.05) is 19.0 Å². The zero-order valence-corrected chi connectivity index (χ0v) is 16.4. The van der Waals surface area contributed by atoms with Gasteiger partial charge in [0.25, 0.3) is 5.91 Å². The fraction of sp³-hybridized carbons (Fsp3) is 0.130. The van der Waals surface area contributed by atoms with Crippen LogP contribution in [0.25, 0.3) is 0 Å². The number of methoxy groups -OCH3 is 1. The van der Waals surface area contributed by atoms with E-state index in [-0.39, 0.29) is 12.4 Å². The van der Waals surface area contributed by atoms with Crippen LogP contribution in [0.1, 0.15) is 11.1 Å². The van der Waals surface area contributed by atoms with Gasteiger partial charge in [-0.05, 0) is 48.0 Å². The maximum absolute atomic E-state index is 12.9. The summed E-state index contributed by atoms with van der Waals surface area (Å²) in [5, 5.41) is 6.37. The number of rotatable bonds is 9. The lowest BCUT2D eigenvalue weighted by Gasteiger charge is -2.11. The lowest BCUT2D eigenvalue weighted by atomic mass is 10.2. The van der Waals surface area contributed by atoms with Gasteiger partial charge in [-0.1, -0.05) is 35.5 Å². The van der Waals surface area contributed by atoms with Crippen LogP contribution in [0.2, 0.25) is 0 Å². The second kappa shape index (κ2) is 10.6. The van der Waals surface area contributed by atoms with E-state index in [1.165, 1.54) is 30.5 Å². The lowest BCUT2D eigenvalue weighted by molar-refractivity contribution is -0.120. The maximum Gasteiger partial charge on any atom is 0.265 e. The van der Waals surface area contributed by atoms with Crippen molar-refractivity contribution in [1.29, 1.82) is 0 Å². The molecule has 0 unspecified atom stereocenters. The third kappa shape index (κ3) is 6.34. The van der Waals surface area contributed by atoms with Gasteiger partial charge in [0.05, 0.1) is 13.3 Å². The molecule has 0 aliphatic heterocycles. The van der Waals surface area contributed by atoms with Gasteiger partial charge in [0.1, 0.15) is 12.4 Å². The summed E-state index contributed by atoms with van der Waals surface area (Å²) in [4.78, 5) is 16.8. The Kier molecular flexibility index (Phi) is 7.38. The molecule has 0 bridgehead atoms. The molecular formula is C23H21FN2O4. The minimum Gasteiger partial charge on any atom is -0.493 e. The van der Waals surface area contributed by atoms with Crippen molar-refractivity contribution in [1.82, 2.24) is 0 Å². The zero-order valence-electron chi connectivity index (χ0n) is 16.4. The summed E-state index contributed by atoms with van der Waals surface area (Å²) in [5.41, 5.74) is 2.25. The van der Waals surface area contributed by atoms with Gasteiger partial charge < -0.3 is 19.6 Å². The van der Waals surface area contributed by atoms with Crippen LogP contribution >= 0.6 is 0 Å². The van der Waals surface area contributed by atoms with Crippen molar-refractivity contribution in [3.63, 3.8) is 0 Å². The second-order valence-electron chi connectivity index (χ2n) is 6.25. The van der Waals surface area contributed by atoms with Crippen LogP contribution in [0.4, 0.5) is 10.1 Å². The van der Waals surface area contributed by atoms with Gasteiger partial charge in [-0.25, -0.2) is 4.39 Å². The van der Waals surface area contributed by atoms with Crippen molar-refractivity contribution in [2.45, 2.75) is 6.61 Å². The highest BCUT2D eigenvalue weighted by molar-refractivity contribution is 5.91. The first-order chi connectivity index (χ1) is 14.6.